The number of hydrogen-bond donors (Lipinski definition) is 2. The number of aliphatic hydroxyl groups excluding tert-OH is 1. The molecule has 162 valence electrons. The highest BCUT2D eigenvalue weighted by molar-refractivity contribution is 6.46. The highest BCUT2D eigenvalue weighted by atomic mass is 16.5. The lowest BCUT2D eigenvalue weighted by Crippen LogP contribution is -3.14. The van der Waals surface area contributed by atoms with E-state index in [-0.39, 0.29) is 11.3 Å². The molecule has 2 N–H and O–H groups in total. The van der Waals surface area contributed by atoms with Gasteiger partial charge in [0.1, 0.15) is 30.6 Å². The molecule has 1 atom stereocenters. The van der Waals surface area contributed by atoms with Gasteiger partial charge in [-0.05, 0) is 36.4 Å². The van der Waals surface area contributed by atoms with Crippen LogP contribution >= 0.6 is 0 Å². The molecule has 0 bridgehead atoms. The lowest BCUT2D eigenvalue weighted by atomic mass is 9.98. The number of pyridine rings is 1. The highest BCUT2D eigenvalue weighted by Crippen LogP contribution is 2.38. The van der Waals surface area contributed by atoms with Gasteiger partial charge < -0.3 is 24.4 Å². The Labute approximate surface area is 180 Å². The monoisotopic (exact) mass is 424 g/mol. The number of aromatic nitrogens is 1. The van der Waals surface area contributed by atoms with Crippen molar-refractivity contribution in [1.29, 1.82) is 0 Å². The third-order valence-electron chi connectivity index (χ3n) is 5.78. The van der Waals surface area contributed by atoms with Gasteiger partial charge in [0.05, 0.1) is 44.7 Å². The zero-order valence-corrected chi connectivity index (χ0v) is 17.4. The van der Waals surface area contributed by atoms with Crippen molar-refractivity contribution in [3.8, 4) is 5.75 Å². The summed E-state index contributed by atoms with van der Waals surface area (Å²) in [4.78, 5) is 33.2. The van der Waals surface area contributed by atoms with Crippen LogP contribution in [0.1, 0.15) is 17.3 Å². The first-order valence-corrected chi connectivity index (χ1v) is 10.3. The number of quaternary nitrogens is 1. The van der Waals surface area contributed by atoms with Crippen molar-refractivity contribution in [1.82, 2.24) is 9.88 Å². The van der Waals surface area contributed by atoms with Crippen molar-refractivity contribution in [2.24, 2.45) is 0 Å². The molecule has 2 saturated heterocycles. The molecule has 2 aliphatic heterocycles. The second kappa shape index (κ2) is 9.28. The second-order valence-electron chi connectivity index (χ2n) is 7.59. The van der Waals surface area contributed by atoms with Crippen LogP contribution in [-0.2, 0) is 14.3 Å². The van der Waals surface area contributed by atoms with Crippen molar-refractivity contribution in [3.63, 3.8) is 0 Å². The maximum atomic E-state index is 13.0. The number of amides is 1. The van der Waals surface area contributed by atoms with E-state index in [0.717, 1.165) is 13.1 Å². The Kier molecular flexibility index (Phi) is 6.29. The molecule has 1 amide bonds. The van der Waals surface area contributed by atoms with Crippen molar-refractivity contribution < 1.29 is 29.1 Å². The molecule has 8 heteroatoms. The van der Waals surface area contributed by atoms with E-state index < -0.39 is 17.7 Å². The minimum atomic E-state index is -0.733. The molecule has 0 saturated carbocycles. The molecule has 0 radical (unpaired) electrons. The van der Waals surface area contributed by atoms with E-state index >= 15 is 0 Å². The summed E-state index contributed by atoms with van der Waals surface area (Å²) in [5.74, 6) is -0.885. The van der Waals surface area contributed by atoms with Gasteiger partial charge in [0.15, 0.2) is 0 Å². The minimum Gasteiger partial charge on any atom is -0.507 e. The summed E-state index contributed by atoms with van der Waals surface area (Å²) in [6, 6.07) is 11.3. The Bertz CT molecular complexity index is 968. The van der Waals surface area contributed by atoms with Gasteiger partial charge in [0.25, 0.3) is 11.7 Å². The number of morpholine rings is 1. The number of carbonyl (C=O) groups is 2. The molecule has 0 aliphatic carbocycles. The summed E-state index contributed by atoms with van der Waals surface area (Å²) < 4.78 is 10.6. The smallest absolute Gasteiger partial charge is 0.295 e. The number of methoxy groups -OCH3 is 1. The van der Waals surface area contributed by atoms with Crippen LogP contribution in [0.3, 0.4) is 0 Å². The van der Waals surface area contributed by atoms with Gasteiger partial charge in [0.2, 0.25) is 0 Å². The highest BCUT2D eigenvalue weighted by Gasteiger charge is 2.47. The number of ether oxygens (including phenoxy) is 2. The number of rotatable bonds is 6. The maximum Gasteiger partial charge on any atom is 0.295 e. The number of Topliss-reactive ketones (excluding diaryl/α,β-unsaturated/α-hetero) is 1. The van der Waals surface area contributed by atoms with Crippen LogP contribution < -0.4 is 9.64 Å². The number of aliphatic hydroxyl groups is 1. The quantitative estimate of drug-likeness (QED) is 0.397. The summed E-state index contributed by atoms with van der Waals surface area (Å²) in [6.07, 6.45) is 1.62. The largest absolute Gasteiger partial charge is 0.507 e. The van der Waals surface area contributed by atoms with E-state index in [1.807, 2.05) is 6.07 Å². The molecule has 0 spiro atoms. The number of carbonyl (C=O) groups excluding carboxylic acids is 2. The molecule has 2 aromatic rings. The van der Waals surface area contributed by atoms with Crippen molar-refractivity contribution in [2.45, 2.75) is 6.04 Å². The summed E-state index contributed by atoms with van der Waals surface area (Å²) in [5, 5.41) is 11.0. The third kappa shape index (κ3) is 4.30. The van der Waals surface area contributed by atoms with Gasteiger partial charge in [-0.3, -0.25) is 14.6 Å². The predicted octanol–water partition coefficient (Wildman–Crippen LogP) is 0.427. The van der Waals surface area contributed by atoms with E-state index in [2.05, 4.69) is 4.98 Å². The summed E-state index contributed by atoms with van der Waals surface area (Å²) in [7, 11) is 1.55. The number of hydrogen-bond acceptors (Lipinski definition) is 6. The molecule has 3 heterocycles. The molecule has 31 heavy (non-hydrogen) atoms. The average molecular weight is 424 g/mol. The zero-order valence-electron chi connectivity index (χ0n) is 17.4. The Hall–Kier alpha value is -3.23. The number of benzene rings is 1. The van der Waals surface area contributed by atoms with Gasteiger partial charge in [-0.15, -0.1) is 0 Å². The van der Waals surface area contributed by atoms with E-state index in [1.54, 1.807) is 49.7 Å². The molecule has 2 aliphatic rings. The maximum absolute atomic E-state index is 13.0. The van der Waals surface area contributed by atoms with Crippen LogP contribution in [0.15, 0.2) is 54.2 Å². The van der Waals surface area contributed by atoms with Gasteiger partial charge >= 0.3 is 0 Å². The molecule has 1 aromatic heterocycles. The van der Waals surface area contributed by atoms with Crippen LogP contribution in [0, 0.1) is 0 Å². The van der Waals surface area contributed by atoms with Crippen LogP contribution in [0.2, 0.25) is 0 Å². The molecule has 1 aromatic carbocycles. The topological polar surface area (TPSA) is 93.4 Å². The lowest BCUT2D eigenvalue weighted by Gasteiger charge is -2.28. The Morgan fingerprint density at radius 2 is 1.94 bits per heavy atom. The molecule has 4 rings (SSSR count). The normalized spacial score (nSPS) is 21.5. The Morgan fingerprint density at radius 1 is 1.19 bits per heavy atom. The third-order valence-corrected chi connectivity index (χ3v) is 5.78. The van der Waals surface area contributed by atoms with E-state index in [4.69, 9.17) is 9.47 Å². The van der Waals surface area contributed by atoms with Crippen LogP contribution in [0.25, 0.3) is 5.76 Å². The second-order valence-corrected chi connectivity index (χ2v) is 7.59. The molecular weight excluding hydrogens is 398 g/mol. The van der Waals surface area contributed by atoms with Gasteiger partial charge in [-0.25, -0.2) is 0 Å². The molecule has 2 fully saturated rings. The fourth-order valence-electron chi connectivity index (χ4n) is 4.05. The minimum absolute atomic E-state index is 0.0610. The van der Waals surface area contributed by atoms with E-state index in [1.165, 1.54) is 9.80 Å². The van der Waals surface area contributed by atoms with Crippen molar-refractivity contribution in [3.05, 3.63) is 65.5 Å². The number of nitrogens with one attached hydrogen (secondary N) is 1. The Balaban J connectivity index is 1.70. The first-order chi connectivity index (χ1) is 15.1. The van der Waals surface area contributed by atoms with E-state index in [9.17, 15) is 14.7 Å². The van der Waals surface area contributed by atoms with Gasteiger partial charge in [0, 0.05) is 11.8 Å². The van der Waals surface area contributed by atoms with E-state index in [0.29, 0.717) is 43.3 Å². The van der Waals surface area contributed by atoms with Crippen molar-refractivity contribution in [2.75, 3.05) is 46.5 Å². The van der Waals surface area contributed by atoms with Crippen LogP contribution in [-0.4, -0.2) is 73.2 Å². The predicted molar refractivity (Wildman–Crippen MR) is 113 cm³/mol. The summed E-state index contributed by atoms with van der Waals surface area (Å²) >= 11 is 0. The standard InChI is InChI=1S/C23H25N3O5/c1-30-17-7-5-16(6-8-17)21(27)19-20(18-4-2-3-9-24-18)26(23(29)22(19)28)11-10-25-12-14-31-15-13-25/h2-9,20,27H,10-15H2,1H3/p+1/b21-19+/t20-/m1/s1. The Morgan fingerprint density at radius 3 is 2.58 bits per heavy atom. The molecule has 8 nitrogen and oxygen atoms in total. The SMILES string of the molecule is COc1ccc(/C(O)=C2\C(=O)C(=O)N(CC[NH+]3CCOCC3)[C@@H]2c2ccccn2)cc1. The lowest BCUT2D eigenvalue weighted by molar-refractivity contribution is -0.907. The fourth-order valence-corrected chi connectivity index (χ4v) is 4.05. The first-order valence-electron chi connectivity index (χ1n) is 10.3. The zero-order chi connectivity index (χ0) is 21.8. The van der Waals surface area contributed by atoms with Gasteiger partial charge in [-0.1, -0.05) is 6.07 Å². The molecule has 0 unspecified atom stereocenters. The number of nitrogens with zero attached hydrogens (tertiary/aromatic N) is 2. The summed E-state index contributed by atoms with van der Waals surface area (Å²) in [6.45, 7) is 4.20. The first kappa shape index (κ1) is 21.0. The van der Waals surface area contributed by atoms with Crippen LogP contribution in [0.4, 0.5) is 0 Å². The average Bonchev–Trinajstić information content (AvgIpc) is 3.08. The fraction of sp³-hybridized carbons (Fsp3) is 0.348. The van der Waals surface area contributed by atoms with Gasteiger partial charge in [-0.2, -0.15) is 0 Å². The van der Waals surface area contributed by atoms with Crippen molar-refractivity contribution >= 4 is 17.4 Å². The number of ketones is 1. The number of likely N-dealkylation sites (tertiary alicyclic amines) is 1. The molecular formula is C23H26N3O5+. The summed E-state index contributed by atoms with van der Waals surface area (Å²) in [5.41, 5.74) is 1.05. The van der Waals surface area contributed by atoms with Crippen LogP contribution in [0.5, 0.6) is 5.75 Å².